The SMILES string of the molecule is CN(CCC(=O)O)c1ncnc2sc3c(c12)CCC(C(C)(C)C)C3. The predicted molar refractivity (Wildman–Crippen MR) is 97.9 cm³/mol. The lowest BCUT2D eigenvalue weighted by Gasteiger charge is -2.33. The normalized spacial score (nSPS) is 17.8. The van der Waals surface area contributed by atoms with Gasteiger partial charge in [0.2, 0.25) is 0 Å². The van der Waals surface area contributed by atoms with Gasteiger partial charge >= 0.3 is 5.97 Å². The van der Waals surface area contributed by atoms with Crippen LogP contribution in [0.5, 0.6) is 0 Å². The van der Waals surface area contributed by atoms with Gasteiger partial charge in [-0.15, -0.1) is 11.3 Å². The number of carboxylic acid groups (broad SMARTS) is 1. The second-order valence-electron chi connectivity index (χ2n) is 7.75. The van der Waals surface area contributed by atoms with Gasteiger partial charge in [0.05, 0.1) is 11.8 Å². The summed E-state index contributed by atoms with van der Waals surface area (Å²) in [5.41, 5.74) is 1.70. The first-order chi connectivity index (χ1) is 11.3. The summed E-state index contributed by atoms with van der Waals surface area (Å²) in [6.45, 7) is 7.42. The van der Waals surface area contributed by atoms with E-state index in [1.807, 2.05) is 11.9 Å². The minimum Gasteiger partial charge on any atom is -0.481 e. The van der Waals surface area contributed by atoms with Gasteiger partial charge in [-0.3, -0.25) is 4.79 Å². The fraction of sp³-hybridized carbons (Fsp3) is 0.611. The van der Waals surface area contributed by atoms with Gasteiger partial charge in [-0.1, -0.05) is 20.8 Å². The third-order valence-corrected chi connectivity index (χ3v) is 6.24. The minimum atomic E-state index is -0.785. The summed E-state index contributed by atoms with van der Waals surface area (Å²) in [7, 11) is 1.91. The van der Waals surface area contributed by atoms with E-state index >= 15 is 0 Å². The van der Waals surface area contributed by atoms with Crippen LogP contribution >= 0.6 is 11.3 Å². The van der Waals surface area contributed by atoms with Crippen molar-refractivity contribution in [2.75, 3.05) is 18.5 Å². The number of aryl methyl sites for hydroxylation is 1. The molecule has 2 heterocycles. The molecule has 2 aromatic heterocycles. The van der Waals surface area contributed by atoms with Crippen molar-refractivity contribution < 1.29 is 9.90 Å². The molecule has 1 aliphatic rings. The van der Waals surface area contributed by atoms with E-state index in [9.17, 15) is 4.79 Å². The number of thiophene rings is 1. The lowest BCUT2D eigenvalue weighted by Crippen LogP contribution is -2.26. The van der Waals surface area contributed by atoms with E-state index in [0.29, 0.717) is 17.9 Å². The lowest BCUT2D eigenvalue weighted by molar-refractivity contribution is -0.136. The Balaban J connectivity index is 1.97. The summed E-state index contributed by atoms with van der Waals surface area (Å²) in [6, 6.07) is 0. The molecule has 0 aliphatic heterocycles. The number of hydrogen-bond acceptors (Lipinski definition) is 5. The Bertz CT molecular complexity index is 763. The minimum absolute atomic E-state index is 0.112. The van der Waals surface area contributed by atoms with Crippen molar-refractivity contribution in [3.8, 4) is 0 Å². The fourth-order valence-corrected chi connectivity index (χ4v) is 4.75. The molecular weight excluding hydrogens is 322 g/mol. The van der Waals surface area contributed by atoms with Crippen molar-refractivity contribution in [3.05, 3.63) is 16.8 Å². The number of carboxylic acids is 1. The average molecular weight is 347 g/mol. The molecule has 1 unspecified atom stereocenters. The molecule has 0 saturated heterocycles. The number of rotatable bonds is 4. The number of anilines is 1. The van der Waals surface area contributed by atoms with Gasteiger partial charge in [0.15, 0.2) is 0 Å². The van der Waals surface area contributed by atoms with Crippen LogP contribution in [-0.2, 0) is 17.6 Å². The van der Waals surface area contributed by atoms with Crippen LogP contribution in [0, 0.1) is 11.3 Å². The highest BCUT2D eigenvalue weighted by atomic mass is 32.1. The molecule has 0 radical (unpaired) electrons. The molecule has 130 valence electrons. The average Bonchev–Trinajstić information content (AvgIpc) is 2.89. The van der Waals surface area contributed by atoms with Gasteiger partial charge in [-0.05, 0) is 36.2 Å². The second kappa shape index (κ2) is 6.31. The number of nitrogens with zero attached hydrogens (tertiary/aromatic N) is 3. The van der Waals surface area contributed by atoms with Gasteiger partial charge in [-0.2, -0.15) is 0 Å². The van der Waals surface area contributed by atoms with Crippen LogP contribution in [0.15, 0.2) is 6.33 Å². The standard InChI is InChI=1S/C18H25N3O2S/c1-18(2,3)11-5-6-12-13(9-11)24-17-15(12)16(19-10-20-17)21(4)8-7-14(22)23/h10-11H,5-9H2,1-4H3,(H,22,23). The molecule has 5 nitrogen and oxygen atoms in total. The van der Waals surface area contributed by atoms with Crippen LogP contribution in [0.3, 0.4) is 0 Å². The summed E-state index contributed by atoms with van der Waals surface area (Å²) in [4.78, 5) is 24.2. The molecule has 0 aromatic carbocycles. The van der Waals surface area contributed by atoms with Crippen molar-refractivity contribution >= 4 is 33.3 Å². The van der Waals surface area contributed by atoms with Gasteiger partial charge in [-0.25, -0.2) is 9.97 Å². The molecule has 24 heavy (non-hydrogen) atoms. The molecule has 0 amide bonds. The highest BCUT2D eigenvalue weighted by Gasteiger charge is 2.32. The molecule has 6 heteroatoms. The summed E-state index contributed by atoms with van der Waals surface area (Å²) >= 11 is 1.78. The van der Waals surface area contributed by atoms with E-state index in [0.717, 1.165) is 28.9 Å². The number of hydrogen-bond donors (Lipinski definition) is 1. The van der Waals surface area contributed by atoms with Gasteiger partial charge in [0.1, 0.15) is 17.0 Å². The topological polar surface area (TPSA) is 66.3 Å². The van der Waals surface area contributed by atoms with Crippen molar-refractivity contribution in [1.82, 2.24) is 9.97 Å². The molecule has 1 atom stereocenters. The Hall–Kier alpha value is -1.69. The van der Waals surface area contributed by atoms with E-state index < -0.39 is 5.97 Å². The Morgan fingerprint density at radius 1 is 1.42 bits per heavy atom. The third-order valence-electron chi connectivity index (χ3n) is 5.07. The second-order valence-corrected chi connectivity index (χ2v) is 8.84. The zero-order valence-corrected chi connectivity index (χ0v) is 15.6. The lowest BCUT2D eigenvalue weighted by atomic mass is 9.72. The largest absolute Gasteiger partial charge is 0.481 e. The van der Waals surface area contributed by atoms with E-state index in [2.05, 4.69) is 30.7 Å². The maximum absolute atomic E-state index is 10.9. The quantitative estimate of drug-likeness (QED) is 0.912. The van der Waals surface area contributed by atoms with Gasteiger partial charge < -0.3 is 10.0 Å². The van der Waals surface area contributed by atoms with Crippen LogP contribution in [0.2, 0.25) is 0 Å². The maximum atomic E-state index is 10.9. The first kappa shape index (κ1) is 17.1. The monoisotopic (exact) mass is 347 g/mol. The molecule has 0 fully saturated rings. The molecule has 1 N–H and O–H groups in total. The van der Waals surface area contributed by atoms with Crippen molar-refractivity contribution in [3.63, 3.8) is 0 Å². The fourth-order valence-electron chi connectivity index (χ4n) is 3.49. The van der Waals surface area contributed by atoms with Crippen molar-refractivity contribution in [2.45, 2.75) is 46.5 Å². The number of carbonyl (C=O) groups is 1. The Kier molecular flexibility index (Phi) is 4.51. The number of fused-ring (bicyclic) bond motifs is 3. The van der Waals surface area contributed by atoms with Crippen LogP contribution < -0.4 is 4.90 Å². The molecule has 2 aromatic rings. The van der Waals surface area contributed by atoms with Crippen LogP contribution in [0.4, 0.5) is 5.82 Å². The summed E-state index contributed by atoms with van der Waals surface area (Å²) in [6.07, 6.45) is 5.07. The molecule has 0 spiro atoms. The predicted octanol–water partition coefficient (Wildman–Crippen LogP) is 3.75. The Morgan fingerprint density at radius 2 is 2.17 bits per heavy atom. The van der Waals surface area contributed by atoms with E-state index in [-0.39, 0.29) is 6.42 Å². The zero-order valence-electron chi connectivity index (χ0n) is 14.8. The third kappa shape index (κ3) is 3.24. The number of aromatic nitrogens is 2. The highest BCUT2D eigenvalue weighted by Crippen LogP contribution is 2.44. The molecule has 1 aliphatic carbocycles. The Labute approximate surface area is 146 Å². The summed E-state index contributed by atoms with van der Waals surface area (Å²) in [5.74, 6) is 0.777. The molecular formula is C18H25N3O2S. The van der Waals surface area contributed by atoms with E-state index in [4.69, 9.17) is 5.11 Å². The Morgan fingerprint density at radius 3 is 2.83 bits per heavy atom. The van der Waals surface area contributed by atoms with Crippen LogP contribution in [0.25, 0.3) is 10.2 Å². The smallest absolute Gasteiger partial charge is 0.305 e. The first-order valence-electron chi connectivity index (χ1n) is 8.45. The maximum Gasteiger partial charge on any atom is 0.305 e. The first-order valence-corrected chi connectivity index (χ1v) is 9.27. The molecule has 3 rings (SSSR count). The van der Waals surface area contributed by atoms with E-state index in [1.165, 1.54) is 16.9 Å². The van der Waals surface area contributed by atoms with Crippen LogP contribution in [-0.4, -0.2) is 34.6 Å². The van der Waals surface area contributed by atoms with Gasteiger partial charge in [0, 0.05) is 18.5 Å². The van der Waals surface area contributed by atoms with Crippen molar-refractivity contribution in [1.29, 1.82) is 0 Å². The number of aliphatic carboxylic acids is 1. The van der Waals surface area contributed by atoms with Gasteiger partial charge in [0.25, 0.3) is 0 Å². The summed E-state index contributed by atoms with van der Waals surface area (Å²) in [5, 5.41) is 10.1. The van der Waals surface area contributed by atoms with Crippen LogP contribution in [0.1, 0.15) is 44.1 Å². The zero-order chi connectivity index (χ0) is 17.5. The van der Waals surface area contributed by atoms with E-state index in [1.54, 1.807) is 17.7 Å². The highest BCUT2D eigenvalue weighted by molar-refractivity contribution is 7.19. The summed E-state index contributed by atoms with van der Waals surface area (Å²) < 4.78 is 0. The molecule has 0 bridgehead atoms. The van der Waals surface area contributed by atoms with Crippen molar-refractivity contribution in [2.24, 2.45) is 11.3 Å². The molecule has 0 saturated carbocycles.